The number of rotatable bonds is 3. The molecule has 2 heterocycles. The maximum Gasteiger partial charge on any atom is 0.165 e. The number of hydrogen-bond acceptors (Lipinski definition) is 2. The standard InChI is InChI=1S/C20H18N2O/c23-18-8-4-7-17-19(18)16(13-14-5-2-1-3-6-14)20(22-17)15-9-11-21-12-10-15/h1-3,5-6,9-12,22H,4,7-8,13H2. The largest absolute Gasteiger partial charge is 0.358 e. The van der Waals surface area contributed by atoms with E-state index in [1.165, 1.54) is 5.56 Å². The lowest BCUT2D eigenvalue weighted by atomic mass is 9.90. The molecule has 114 valence electrons. The Balaban J connectivity index is 1.87. The number of benzene rings is 1. The summed E-state index contributed by atoms with van der Waals surface area (Å²) >= 11 is 0. The fourth-order valence-corrected chi connectivity index (χ4v) is 3.41. The van der Waals surface area contributed by atoms with Gasteiger partial charge in [-0.25, -0.2) is 0 Å². The Morgan fingerprint density at radius 1 is 1.00 bits per heavy atom. The number of aromatic nitrogens is 2. The highest BCUT2D eigenvalue weighted by atomic mass is 16.1. The van der Waals surface area contributed by atoms with Crippen molar-refractivity contribution in [1.82, 2.24) is 9.97 Å². The molecule has 0 fully saturated rings. The SMILES string of the molecule is O=C1CCCc2[nH]c(-c3ccncc3)c(Cc3ccccc3)c21. The minimum Gasteiger partial charge on any atom is -0.358 e. The van der Waals surface area contributed by atoms with Crippen LogP contribution in [0, 0.1) is 0 Å². The second kappa shape index (κ2) is 5.84. The average Bonchev–Trinajstić information content (AvgIpc) is 2.96. The number of H-pyrrole nitrogens is 1. The molecule has 0 bridgehead atoms. The van der Waals surface area contributed by atoms with E-state index in [1.807, 2.05) is 30.3 Å². The Bertz CT molecular complexity index is 835. The van der Waals surface area contributed by atoms with Crippen molar-refractivity contribution in [2.75, 3.05) is 0 Å². The second-order valence-corrected chi connectivity index (χ2v) is 6.01. The van der Waals surface area contributed by atoms with E-state index in [-0.39, 0.29) is 5.78 Å². The van der Waals surface area contributed by atoms with Crippen molar-refractivity contribution in [2.45, 2.75) is 25.7 Å². The summed E-state index contributed by atoms with van der Waals surface area (Å²) in [6.07, 6.45) is 6.91. The first-order valence-corrected chi connectivity index (χ1v) is 8.04. The fourth-order valence-electron chi connectivity index (χ4n) is 3.41. The number of nitrogens with one attached hydrogen (secondary N) is 1. The van der Waals surface area contributed by atoms with E-state index in [0.717, 1.165) is 47.3 Å². The molecule has 3 nitrogen and oxygen atoms in total. The van der Waals surface area contributed by atoms with Gasteiger partial charge in [-0.1, -0.05) is 30.3 Å². The van der Waals surface area contributed by atoms with E-state index in [9.17, 15) is 4.79 Å². The van der Waals surface area contributed by atoms with Crippen molar-refractivity contribution in [2.24, 2.45) is 0 Å². The molecule has 4 rings (SSSR count). The Kier molecular flexibility index (Phi) is 3.54. The van der Waals surface area contributed by atoms with Gasteiger partial charge < -0.3 is 4.98 Å². The molecule has 3 heteroatoms. The van der Waals surface area contributed by atoms with Crippen LogP contribution >= 0.6 is 0 Å². The molecule has 23 heavy (non-hydrogen) atoms. The third-order valence-corrected chi connectivity index (χ3v) is 4.48. The summed E-state index contributed by atoms with van der Waals surface area (Å²) in [5.41, 5.74) is 6.53. The molecule has 1 aliphatic carbocycles. The van der Waals surface area contributed by atoms with Crippen molar-refractivity contribution in [1.29, 1.82) is 0 Å². The monoisotopic (exact) mass is 302 g/mol. The molecule has 2 aromatic heterocycles. The lowest BCUT2D eigenvalue weighted by Crippen LogP contribution is -2.11. The molecule has 0 spiro atoms. The highest BCUT2D eigenvalue weighted by molar-refractivity contribution is 6.01. The van der Waals surface area contributed by atoms with Gasteiger partial charge in [-0.15, -0.1) is 0 Å². The molecule has 1 N–H and O–H groups in total. The van der Waals surface area contributed by atoms with Gasteiger partial charge in [0.25, 0.3) is 0 Å². The maximum atomic E-state index is 12.5. The quantitative estimate of drug-likeness (QED) is 0.788. The zero-order valence-electron chi connectivity index (χ0n) is 12.9. The third-order valence-electron chi connectivity index (χ3n) is 4.48. The van der Waals surface area contributed by atoms with Gasteiger partial charge in [0, 0.05) is 42.1 Å². The normalized spacial score (nSPS) is 13.8. The van der Waals surface area contributed by atoms with Crippen molar-refractivity contribution >= 4 is 5.78 Å². The first-order valence-electron chi connectivity index (χ1n) is 8.04. The van der Waals surface area contributed by atoms with E-state index in [2.05, 4.69) is 22.1 Å². The number of nitrogens with zero attached hydrogens (tertiary/aromatic N) is 1. The molecule has 0 aliphatic heterocycles. The Labute approximate surface area is 135 Å². The average molecular weight is 302 g/mol. The van der Waals surface area contributed by atoms with Crippen LogP contribution in [0.3, 0.4) is 0 Å². The lowest BCUT2D eigenvalue weighted by molar-refractivity contribution is 0.0971. The number of fused-ring (bicyclic) bond motifs is 1. The molecule has 0 radical (unpaired) electrons. The molecule has 0 amide bonds. The van der Waals surface area contributed by atoms with E-state index in [4.69, 9.17) is 0 Å². The number of hydrogen-bond donors (Lipinski definition) is 1. The molecular weight excluding hydrogens is 284 g/mol. The van der Waals surface area contributed by atoms with Crippen LogP contribution in [-0.2, 0) is 12.8 Å². The summed E-state index contributed by atoms with van der Waals surface area (Å²) in [7, 11) is 0. The predicted molar refractivity (Wildman–Crippen MR) is 90.5 cm³/mol. The topological polar surface area (TPSA) is 45.8 Å². The van der Waals surface area contributed by atoms with Crippen molar-refractivity contribution < 1.29 is 4.79 Å². The molecule has 0 saturated carbocycles. The number of pyridine rings is 1. The van der Waals surface area contributed by atoms with Crippen molar-refractivity contribution in [3.63, 3.8) is 0 Å². The van der Waals surface area contributed by atoms with E-state index in [0.29, 0.717) is 6.42 Å². The number of Topliss-reactive ketones (excluding diaryl/α,β-unsaturated/α-hetero) is 1. The van der Waals surface area contributed by atoms with Gasteiger partial charge in [-0.2, -0.15) is 0 Å². The van der Waals surface area contributed by atoms with Crippen molar-refractivity contribution in [3.05, 3.63) is 77.2 Å². The first-order chi connectivity index (χ1) is 11.3. The van der Waals surface area contributed by atoms with Gasteiger partial charge in [0.15, 0.2) is 5.78 Å². The minimum absolute atomic E-state index is 0.272. The molecular formula is C20H18N2O. The molecule has 0 atom stereocenters. The molecule has 0 unspecified atom stereocenters. The zero-order valence-corrected chi connectivity index (χ0v) is 12.9. The number of aromatic amines is 1. The van der Waals surface area contributed by atoms with Crippen LogP contribution < -0.4 is 0 Å². The summed E-state index contributed by atoms with van der Waals surface area (Å²) < 4.78 is 0. The van der Waals surface area contributed by atoms with Gasteiger partial charge in [-0.05, 0) is 36.1 Å². The van der Waals surface area contributed by atoms with Crippen molar-refractivity contribution in [3.8, 4) is 11.3 Å². The Morgan fingerprint density at radius 2 is 1.78 bits per heavy atom. The maximum absolute atomic E-state index is 12.5. The highest BCUT2D eigenvalue weighted by Crippen LogP contribution is 2.34. The predicted octanol–water partition coefficient (Wildman–Crippen LogP) is 4.19. The van der Waals surface area contributed by atoms with E-state index < -0.39 is 0 Å². The number of ketones is 1. The Hall–Kier alpha value is -2.68. The van der Waals surface area contributed by atoms with Crippen LogP contribution in [0.4, 0.5) is 0 Å². The molecule has 1 aliphatic rings. The summed E-state index contributed by atoms with van der Waals surface area (Å²) in [5.74, 6) is 0.272. The van der Waals surface area contributed by atoms with Crippen LogP contribution in [0.25, 0.3) is 11.3 Å². The van der Waals surface area contributed by atoms with Crippen LogP contribution in [0.1, 0.15) is 40.0 Å². The summed E-state index contributed by atoms with van der Waals surface area (Å²) in [4.78, 5) is 20.1. The van der Waals surface area contributed by atoms with Crippen LogP contribution in [0.5, 0.6) is 0 Å². The number of aryl methyl sites for hydroxylation is 1. The third kappa shape index (κ3) is 2.59. The van der Waals surface area contributed by atoms with E-state index in [1.54, 1.807) is 12.4 Å². The lowest BCUT2D eigenvalue weighted by Gasteiger charge is -2.12. The van der Waals surface area contributed by atoms with E-state index >= 15 is 0 Å². The van der Waals surface area contributed by atoms with Crippen LogP contribution in [0.15, 0.2) is 54.9 Å². The summed E-state index contributed by atoms with van der Waals surface area (Å²) in [6, 6.07) is 14.3. The highest BCUT2D eigenvalue weighted by Gasteiger charge is 2.26. The number of carbonyl (C=O) groups is 1. The number of carbonyl (C=O) groups excluding carboxylic acids is 1. The minimum atomic E-state index is 0.272. The summed E-state index contributed by atoms with van der Waals surface area (Å²) in [6.45, 7) is 0. The molecule has 0 saturated heterocycles. The zero-order chi connectivity index (χ0) is 15.6. The second-order valence-electron chi connectivity index (χ2n) is 6.01. The van der Waals surface area contributed by atoms with Gasteiger partial charge in [0.1, 0.15) is 0 Å². The summed E-state index contributed by atoms with van der Waals surface area (Å²) in [5, 5.41) is 0. The molecule has 1 aromatic carbocycles. The van der Waals surface area contributed by atoms with Gasteiger partial charge >= 0.3 is 0 Å². The molecule has 3 aromatic rings. The van der Waals surface area contributed by atoms with Crippen LogP contribution in [-0.4, -0.2) is 15.8 Å². The van der Waals surface area contributed by atoms with Gasteiger partial charge in [-0.3, -0.25) is 9.78 Å². The van der Waals surface area contributed by atoms with Gasteiger partial charge in [0.2, 0.25) is 0 Å². The Morgan fingerprint density at radius 3 is 2.57 bits per heavy atom. The van der Waals surface area contributed by atoms with Gasteiger partial charge in [0.05, 0.1) is 5.69 Å². The fraction of sp³-hybridized carbons (Fsp3) is 0.200. The smallest absolute Gasteiger partial charge is 0.165 e. The first kappa shape index (κ1) is 13.9. The van der Waals surface area contributed by atoms with Crippen LogP contribution in [0.2, 0.25) is 0 Å².